The lowest BCUT2D eigenvalue weighted by molar-refractivity contribution is -0.220. The minimum atomic E-state index is -0.586. The Hall–Kier alpha value is -0.730. The number of rotatable bonds is 1. The Bertz CT molecular complexity index is 341. The molecular weight excluding hydrogens is 226 g/mol. The molecule has 18 heavy (non-hydrogen) atoms. The maximum Gasteiger partial charge on any atom is 0.405 e. The number of nitrogens with two attached hydrogens (primary N) is 1. The molecule has 0 spiro atoms. The molecule has 3 nitrogen and oxygen atoms in total. The van der Waals surface area contributed by atoms with Crippen LogP contribution in [-0.2, 0) is 4.74 Å². The number of hydrogen-bond donors (Lipinski definition) is 1. The predicted molar refractivity (Wildman–Crippen MR) is 69.9 cm³/mol. The van der Waals surface area contributed by atoms with Crippen LogP contribution >= 0.6 is 0 Å². The molecule has 102 valence electrons. The second kappa shape index (κ2) is 3.64. The Kier molecular flexibility index (Phi) is 2.49. The molecule has 4 rings (SSSR count). The third-order valence-corrected chi connectivity index (χ3v) is 5.79. The van der Waals surface area contributed by atoms with Gasteiger partial charge in [0.1, 0.15) is 5.60 Å². The highest BCUT2D eigenvalue weighted by molar-refractivity contribution is 5.65. The topological polar surface area (TPSA) is 52.3 Å². The van der Waals surface area contributed by atoms with Crippen molar-refractivity contribution in [3.8, 4) is 0 Å². The van der Waals surface area contributed by atoms with Crippen LogP contribution in [0.15, 0.2) is 0 Å². The van der Waals surface area contributed by atoms with Gasteiger partial charge in [0.2, 0.25) is 0 Å². The number of amides is 1. The molecule has 0 atom stereocenters. The monoisotopic (exact) mass is 251 g/mol. The maximum atomic E-state index is 11.4. The number of hydrogen-bond acceptors (Lipinski definition) is 2. The van der Waals surface area contributed by atoms with Gasteiger partial charge in [0.15, 0.2) is 0 Å². The Balaban J connectivity index is 2.01. The van der Waals surface area contributed by atoms with Crippen molar-refractivity contribution in [3.63, 3.8) is 0 Å². The molecule has 4 fully saturated rings. The third-order valence-electron chi connectivity index (χ3n) is 5.79. The summed E-state index contributed by atoms with van der Waals surface area (Å²) in [5.74, 6) is 2.81. The first-order valence-electron chi connectivity index (χ1n) is 7.31. The van der Waals surface area contributed by atoms with Crippen LogP contribution in [0.3, 0.4) is 0 Å². The molecule has 0 unspecified atom stereocenters. The van der Waals surface area contributed by atoms with Gasteiger partial charge in [0, 0.05) is 17.3 Å². The van der Waals surface area contributed by atoms with E-state index < -0.39 is 6.09 Å². The molecule has 0 radical (unpaired) electrons. The SMILES string of the molecule is CC(C)(C)C1(OC(N)=O)C2CC3CC(C2)CC1C3. The lowest BCUT2D eigenvalue weighted by Crippen LogP contribution is -2.65. The van der Waals surface area contributed by atoms with Crippen molar-refractivity contribution >= 4 is 6.09 Å². The minimum absolute atomic E-state index is 0.0232. The summed E-state index contributed by atoms with van der Waals surface area (Å²) in [5, 5.41) is 0. The number of ether oxygens (including phenoxy) is 1. The molecule has 3 heteroatoms. The summed E-state index contributed by atoms with van der Waals surface area (Å²) < 4.78 is 5.82. The Labute approximate surface area is 109 Å². The second-order valence-corrected chi connectivity index (χ2v) is 7.77. The van der Waals surface area contributed by atoms with Gasteiger partial charge in [-0.1, -0.05) is 20.8 Å². The molecule has 2 N–H and O–H groups in total. The van der Waals surface area contributed by atoms with Crippen LogP contribution in [0.4, 0.5) is 4.79 Å². The lowest BCUT2D eigenvalue weighted by Gasteiger charge is -2.64. The van der Waals surface area contributed by atoms with Crippen LogP contribution in [0.1, 0.15) is 52.9 Å². The van der Waals surface area contributed by atoms with Gasteiger partial charge in [-0.05, 0) is 43.9 Å². The van der Waals surface area contributed by atoms with Crippen molar-refractivity contribution in [2.75, 3.05) is 0 Å². The summed E-state index contributed by atoms with van der Waals surface area (Å²) >= 11 is 0. The molecule has 0 heterocycles. The summed E-state index contributed by atoms with van der Waals surface area (Å²) in [7, 11) is 0. The zero-order valence-corrected chi connectivity index (χ0v) is 11.7. The Morgan fingerprint density at radius 3 is 1.83 bits per heavy atom. The van der Waals surface area contributed by atoms with E-state index in [-0.39, 0.29) is 11.0 Å². The van der Waals surface area contributed by atoms with E-state index in [0.717, 1.165) is 11.8 Å². The van der Waals surface area contributed by atoms with Crippen LogP contribution in [0.25, 0.3) is 0 Å². The van der Waals surface area contributed by atoms with E-state index in [2.05, 4.69) is 20.8 Å². The van der Waals surface area contributed by atoms with Crippen molar-refractivity contribution in [2.24, 2.45) is 34.8 Å². The summed E-state index contributed by atoms with van der Waals surface area (Å²) in [6, 6.07) is 0. The molecule has 1 amide bonds. The highest BCUT2D eigenvalue weighted by Crippen LogP contribution is 2.64. The van der Waals surface area contributed by atoms with E-state index in [0.29, 0.717) is 11.8 Å². The number of carbonyl (C=O) groups excluding carboxylic acids is 1. The molecule has 0 saturated heterocycles. The van der Waals surface area contributed by atoms with Crippen molar-refractivity contribution in [2.45, 2.75) is 58.5 Å². The van der Waals surface area contributed by atoms with Gasteiger partial charge in [0.05, 0.1) is 0 Å². The average Bonchev–Trinajstić information content (AvgIpc) is 2.20. The second-order valence-electron chi connectivity index (χ2n) is 7.77. The number of carbonyl (C=O) groups is 1. The van der Waals surface area contributed by atoms with Gasteiger partial charge in [-0.2, -0.15) is 0 Å². The van der Waals surface area contributed by atoms with Gasteiger partial charge in [0.25, 0.3) is 0 Å². The van der Waals surface area contributed by atoms with E-state index in [1.165, 1.54) is 32.1 Å². The zero-order chi connectivity index (χ0) is 13.1. The first-order chi connectivity index (χ1) is 8.33. The Morgan fingerprint density at radius 1 is 1.06 bits per heavy atom. The molecule has 4 aliphatic rings. The first kappa shape index (κ1) is 12.3. The van der Waals surface area contributed by atoms with Crippen LogP contribution in [-0.4, -0.2) is 11.7 Å². The van der Waals surface area contributed by atoms with E-state index in [4.69, 9.17) is 10.5 Å². The zero-order valence-electron chi connectivity index (χ0n) is 11.7. The molecule has 0 aromatic carbocycles. The molecular formula is C15H25NO2. The van der Waals surface area contributed by atoms with Crippen LogP contribution in [0.5, 0.6) is 0 Å². The largest absolute Gasteiger partial charge is 0.442 e. The minimum Gasteiger partial charge on any atom is -0.442 e. The standard InChI is InChI=1S/C15H25NO2/c1-14(2,3)15(18-13(16)17)11-5-9-4-10(7-11)8-12(15)6-9/h9-12H,4-8H2,1-3H3,(H2,16,17). The number of primary amides is 1. The van der Waals surface area contributed by atoms with Gasteiger partial charge in [-0.25, -0.2) is 4.79 Å². The van der Waals surface area contributed by atoms with Gasteiger partial charge >= 0.3 is 6.09 Å². The maximum absolute atomic E-state index is 11.4. The predicted octanol–water partition coefficient (Wildman–Crippen LogP) is 3.32. The molecule has 4 bridgehead atoms. The van der Waals surface area contributed by atoms with E-state index in [9.17, 15) is 4.79 Å². The molecule has 0 aliphatic heterocycles. The van der Waals surface area contributed by atoms with Crippen molar-refractivity contribution < 1.29 is 9.53 Å². The summed E-state index contributed by atoms with van der Waals surface area (Å²) in [5.41, 5.74) is 5.06. The molecule has 0 aromatic heterocycles. The lowest BCUT2D eigenvalue weighted by atomic mass is 9.45. The van der Waals surface area contributed by atoms with Gasteiger partial charge in [-0.15, -0.1) is 0 Å². The summed E-state index contributed by atoms with van der Waals surface area (Å²) in [4.78, 5) is 11.4. The molecule has 4 aliphatic carbocycles. The Morgan fingerprint density at radius 2 is 1.50 bits per heavy atom. The van der Waals surface area contributed by atoms with Crippen LogP contribution < -0.4 is 5.73 Å². The van der Waals surface area contributed by atoms with Crippen molar-refractivity contribution in [1.82, 2.24) is 0 Å². The van der Waals surface area contributed by atoms with Crippen molar-refractivity contribution in [3.05, 3.63) is 0 Å². The molecule has 0 aromatic rings. The smallest absolute Gasteiger partial charge is 0.405 e. The average molecular weight is 251 g/mol. The van der Waals surface area contributed by atoms with E-state index >= 15 is 0 Å². The van der Waals surface area contributed by atoms with Crippen LogP contribution in [0.2, 0.25) is 0 Å². The highest BCUT2D eigenvalue weighted by Gasteiger charge is 2.64. The first-order valence-corrected chi connectivity index (χ1v) is 7.31. The van der Waals surface area contributed by atoms with E-state index in [1.54, 1.807) is 0 Å². The summed E-state index contributed by atoms with van der Waals surface area (Å²) in [6.07, 6.45) is 5.76. The fraction of sp³-hybridized carbons (Fsp3) is 0.933. The van der Waals surface area contributed by atoms with Gasteiger partial charge in [-0.3, -0.25) is 0 Å². The van der Waals surface area contributed by atoms with Crippen LogP contribution in [0, 0.1) is 29.1 Å². The fourth-order valence-corrected chi connectivity index (χ4v) is 5.60. The fourth-order valence-electron chi connectivity index (χ4n) is 5.60. The van der Waals surface area contributed by atoms with E-state index in [1.807, 2.05) is 0 Å². The normalized spacial score (nSPS) is 46.2. The third kappa shape index (κ3) is 1.52. The summed E-state index contributed by atoms with van der Waals surface area (Å²) in [6.45, 7) is 6.62. The highest BCUT2D eigenvalue weighted by atomic mass is 16.6. The molecule has 4 saturated carbocycles. The van der Waals surface area contributed by atoms with Crippen molar-refractivity contribution in [1.29, 1.82) is 0 Å². The van der Waals surface area contributed by atoms with Gasteiger partial charge < -0.3 is 10.5 Å². The quantitative estimate of drug-likeness (QED) is 0.777.